The number of hydrogen-bond donors (Lipinski definition) is 1. The number of rotatable bonds is 6. The van der Waals surface area contributed by atoms with Crippen molar-refractivity contribution in [1.29, 1.82) is 0 Å². The fourth-order valence-electron chi connectivity index (χ4n) is 4.64. The summed E-state index contributed by atoms with van der Waals surface area (Å²) in [7, 11) is 0. The van der Waals surface area contributed by atoms with Crippen LogP contribution >= 0.6 is 0 Å². The second-order valence-corrected chi connectivity index (χ2v) is 9.33. The SMILES string of the molecule is Cc1ccc(-c2ccnc3c2c(C)nn3CC(=O)Nc2c(C)nn(Cn3nc(C)cc3C)c2C)cc1. The van der Waals surface area contributed by atoms with Gasteiger partial charge in [0.05, 0.1) is 28.5 Å². The molecule has 1 aromatic carbocycles. The van der Waals surface area contributed by atoms with Crippen molar-refractivity contribution in [2.75, 3.05) is 5.32 Å². The largest absolute Gasteiger partial charge is 0.321 e. The summed E-state index contributed by atoms with van der Waals surface area (Å²) in [5, 5.41) is 17.8. The van der Waals surface area contributed by atoms with Crippen molar-refractivity contribution in [3.8, 4) is 11.1 Å². The number of pyridine rings is 1. The summed E-state index contributed by atoms with van der Waals surface area (Å²) < 4.78 is 5.42. The highest BCUT2D eigenvalue weighted by molar-refractivity contribution is 5.96. The minimum Gasteiger partial charge on any atom is -0.321 e. The van der Waals surface area contributed by atoms with Gasteiger partial charge in [0.25, 0.3) is 0 Å². The van der Waals surface area contributed by atoms with E-state index in [0.717, 1.165) is 45.0 Å². The van der Waals surface area contributed by atoms with Crippen LogP contribution in [-0.4, -0.2) is 40.2 Å². The molecule has 0 aliphatic rings. The minimum atomic E-state index is -0.182. The Morgan fingerprint density at radius 2 is 1.58 bits per heavy atom. The normalized spacial score (nSPS) is 11.4. The standard InChI is InChI=1S/C27H30N8O/c1-16-7-9-22(10-8-16)23-11-12-28-27-25(23)19(4)31-33(27)14-24(36)29-26-20(5)32-35(21(26)6)15-34-18(3)13-17(2)30-34/h7-13H,14-15H2,1-6H3,(H,29,36). The molecule has 0 bridgehead atoms. The van der Waals surface area contributed by atoms with Gasteiger partial charge in [0.2, 0.25) is 5.91 Å². The lowest BCUT2D eigenvalue weighted by Gasteiger charge is -2.09. The van der Waals surface area contributed by atoms with Crippen molar-refractivity contribution >= 4 is 22.6 Å². The van der Waals surface area contributed by atoms with Gasteiger partial charge in [-0.1, -0.05) is 29.8 Å². The molecule has 0 aliphatic carbocycles. The number of hydrogen-bond acceptors (Lipinski definition) is 5. The van der Waals surface area contributed by atoms with E-state index in [1.807, 2.05) is 56.1 Å². The van der Waals surface area contributed by atoms with E-state index in [0.29, 0.717) is 18.0 Å². The molecule has 1 amide bonds. The number of nitrogens with zero attached hydrogens (tertiary/aromatic N) is 7. The van der Waals surface area contributed by atoms with Crippen LogP contribution in [0.4, 0.5) is 5.69 Å². The number of aromatic nitrogens is 7. The van der Waals surface area contributed by atoms with Crippen LogP contribution in [0.2, 0.25) is 0 Å². The van der Waals surface area contributed by atoms with E-state index in [-0.39, 0.29) is 12.5 Å². The fourth-order valence-corrected chi connectivity index (χ4v) is 4.64. The predicted octanol–water partition coefficient (Wildman–Crippen LogP) is 4.49. The molecule has 0 spiro atoms. The Balaban J connectivity index is 1.39. The van der Waals surface area contributed by atoms with Crippen molar-refractivity contribution in [2.24, 2.45) is 0 Å². The van der Waals surface area contributed by atoms with Crippen molar-refractivity contribution in [3.63, 3.8) is 0 Å². The molecule has 0 atom stereocenters. The minimum absolute atomic E-state index is 0.0518. The molecule has 5 aromatic rings. The Bertz CT molecular complexity index is 1590. The third-order valence-corrected chi connectivity index (χ3v) is 6.48. The molecule has 0 fully saturated rings. The highest BCUT2D eigenvalue weighted by Gasteiger charge is 2.19. The van der Waals surface area contributed by atoms with Crippen LogP contribution in [0.1, 0.15) is 34.0 Å². The third-order valence-electron chi connectivity index (χ3n) is 6.48. The van der Waals surface area contributed by atoms with E-state index < -0.39 is 0 Å². The van der Waals surface area contributed by atoms with Crippen molar-refractivity contribution in [2.45, 2.75) is 54.8 Å². The summed E-state index contributed by atoms with van der Waals surface area (Å²) in [6, 6.07) is 12.4. The van der Waals surface area contributed by atoms with E-state index in [9.17, 15) is 4.79 Å². The van der Waals surface area contributed by atoms with Gasteiger partial charge in [-0.2, -0.15) is 15.3 Å². The number of amides is 1. The Kier molecular flexibility index (Phi) is 5.91. The molecule has 4 heterocycles. The van der Waals surface area contributed by atoms with Gasteiger partial charge in [-0.3, -0.25) is 4.79 Å². The number of carbonyl (C=O) groups excluding carboxylic acids is 1. The van der Waals surface area contributed by atoms with Crippen LogP contribution in [0.15, 0.2) is 42.6 Å². The molecule has 0 aliphatic heterocycles. The first-order valence-corrected chi connectivity index (χ1v) is 12.0. The highest BCUT2D eigenvalue weighted by Crippen LogP contribution is 2.30. The second-order valence-electron chi connectivity index (χ2n) is 9.33. The zero-order chi connectivity index (χ0) is 25.6. The smallest absolute Gasteiger partial charge is 0.246 e. The first kappa shape index (κ1) is 23.5. The van der Waals surface area contributed by atoms with E-state index in [2.05, 4.69) is 56.8 Å². The second kappa shape index (κ2) is 9.07. The van der Waals surface area contributed by atoms with Crippen LogP contribution in [-0.2, 0) is 18.0 Å². The molecule has 0 saturated heterocycles. The highest BCUT2D eigenvalue weighted by atomic mass is 16.2. The summed E-state index contributed by atoms with van der Waals surface area (Å²) in [4.78, 5) is 17.7. The van der Waals surface area contributed by atoms with Gasteiger partial charge >= 0.3 is 0 Å². The zero-order valence-electron chi connectivity index (χ0n) is 21.5. The maximum absolute atomic E-state index is 13.1. The molecule has 184 valence electrons. The molecule has 36 heavy (non-hydrogen) atoms. The quantitative estimate of drug-likeness (QED) is 0.385. The molecule has 5 rings (SSSR count). The van der Waals surface area contributed by atoms with E-state index in [1.54, 1.807) is 10.9 Å². The van der Waals surface area contributed by atoms with Crippen LogP contribution in [0.5, 0.6) is 0 Å². The monoisotopic (exact) mass is 482 g/mol. The molecule has 0 radical (unpaired) electrons. The summed E-state index contributed by atoms with van der Waals surface area (Å²) in [5.74, 6) is -0.182. The topological polar surface area (TPSA) is 95.5 Å². The number of benzene rings is 1. The van der Waals surface area contributed by atoms with E-state index >= 15 is 0 Å². The maximum Gasteiger partial charge on any atom is 0.246 e. The summed E-state index contributed by atoms with van der Waals surface area (Å²) in [5.41, 5.74) is 9.24. The first-order chi connectivity index (χ1) is 17.2. The van der Waals surface area contributed by atoms with Crippen LogP contribution in [0.3, 0.4) is 0 Å². The Labute approximate surface area is 209 Å². The van der Waals surface area contributed by atoms with E-state index in [4.69, 9.17) is 0 Å². The number of anilines is 1. The van der Waals surface area contributed by atoms with Crippen molar-refractivity contribution < 1.29 is 4.79 Å². The lowest BCUT2D eigenvalue weighted by Crippen LogP contribution is -2.20. The Morgan fingerprint density at radius 1 is 0.861 bits per heavy atom. The maximum atomic E-state index is 13.1. The van der Waals surface area contributed by atoms with Gasteiger partial charge < -0.3 is 5.32 Å². The summed E-state index contributed by atoms with van der Waals surface area (Å²) >= 11 is 0. The molecule has 1 N–H and O–H groups in total. The van der Waals surface area contributed by atoms with Gasteiger partial charge in [0.1, 0.15) is 13.2 Å². The number of fused-ring (bicyclic) bond motifs is 1. The van der Waals surface area contributed by atoms with Crippen LogP contribution < -0.4 is 5.32 Å². The number of nitrogens with one attached hydrogen (secondary N) is 1. The molecule has 0 saturated carbocycles. The molecule has 4 aromatic heterocycles. The average molecular weight is 483 g/mol. The van der Waals surface area contributed by atoms with Gasteiger partial charge in [-0.05, 0) is 64.8 Å². The fraction of sp³-hybridized carbons (Fsp3) is 0.296. The van der Waals surface area contributed by atoms with Gasteiger partial charge in [-0.25, -0.2) is 19.0 Å². The van der Waals surface area contributed by atoms with Crippen LogP contribution in [0, 0.1) is 41.5 Å². The lowest BCUT2D eigenvalue weighted by atomic mass is 10.0. The lowest BCUT2D eigenvalue weighted by molar-refractivity contribution is -0.116. The molecule has 9 nitrogen and oxygen atoms in total. The van der Waals surface area contributed by atoms with Gasteiger partial charge in [0.15, 0.2) is 5.65 Å². The molecule has 9 heteroatoms. The number of carbonyl (C=O) groups is 1. The van der Waals surface area contributed by atoms with E-state index in [1.165, 1.54) is 5.56 Å². The van der Waals surface area contributed by atoms with Gasteiger partial charge in [0, 0.05) is 17.3 Å². The Morgan fingerprint density at radius 3 is 2.28 bits per heavy atom. The summed E-state index contributed by atoms with van der Waals surface area (Å²) in [6.45, 7) is 12.4. The predicted molar refractivity (Wildman–Crippen MR) is 140 cm³/mol. The van der Waals surface area contributed by atoms with Crippen molar-refractivity contribution in [3.05, 3.63) is 76.6 Å². The summed E-state index contributed by atoms with van der Waals surface area (Å²) in [6.07, 6.45) is 1.77. The van der Waals surface area contributed by atoms with Crippen molar-refractivity contribution in [1.82, 2.24) is 34.3 Å². The average Bonchev–Trinajstić information content (AvgIpc) is 3.42. The molecular formula is C27H30N8O. The molecular weight excluding hydrogens is 452 g/mol. The zero-order valence-corrected chi connectivity index (χ0v) is 21.5. The number of aryl methyl sites for hydroxylation is 5. The third kappa shape index (κ3) is 4.28. The first-order valence-electron chi connectivity index (χ1n) is 12.0. The van der Waals surface area contributed by atoms with Crippen LogP contribution in [0.25, 0.3) is 22.2 Å². The Hall–Kier alpha value is -4.27. The molecule has 0 unspecified atom stereocenters. The van der Waals surface area contributed by atoms with Gasteiger partial charge in [-0.15, -0.1) is 0 Å².